The Morgan fingerprint density at radius 3 is 2.28 bits per heavy atom. The van der Waals surface area contributed by atoms with E-state index in [4.69, 9.17) is 5.26 Å². The lowest BCUT2D eigenvalue weighted by Gasteiger charge is -2.27. The molecule has 8 nitrogen and oxygen atoms in total. The van der Waals surface area contributed by atoms with Gasteiger partial charge in [-0.25, -0.2) is 18.1 Å². The first-order valence-corrected chi connectivity index (χ1v) is 10.6. The quantitative estimate of drug-likeness (QED) is 0.674. The van der Waals surface area contributed by atoms with Crippen molar-refractivity contribution in [1.29, 1.82) is 5.26 Å². The maximum Gasteiger partial charge on any atom is 0.332 e. The largest absolute Gasteiger partial charge is 0.332 e. The van der Waals surface area contributed by atoms with Crippen molar-refractivity contribution >= 4 is 27.5 Å². The Balaban J connectivity index is 1.88. The highest BCUT2D eigenvalue weighted by molar-refractivity contribution is 7.91. The lowest BCUT2D eigenvalue weighted by molar-refractivity contribution is -0.123. The molecule has 29 heavy (non-hydrogen) atoms. The second kappa shape index (κ2) is 7.64. The van der Waals surface area contributed by atoms with Crippen molar-refractivity contribution in [3.8, 4) is 6.07 Å². The predicted octanol–water partition coefficient (Wildman–Crippen LogP) is 2.52. The van der Waals surface area contributed by atoms with E-state index in [1.165, 1.54) is 29.2 Å². The summed E-state index contributed by atoms with van der Waals surface area (Å²) in [7, 11) is -3.59. The summed E-state index contributed by atoms with van der Waals surface area (Å²) in [5.41, 5.74) is 0.0808. The van der Waals surface area contributed by atoms with Gasteiger partial charge in [0, 0.05) is 25.4 Å². The lowest BCUT2D eigenvalue weighted by atomic mass is 10.0. The highest BCUT2D eigenvalue weighted by Gasteiger charge is 2.51. The van der Waals surface area contributed by atoms with Crippen molar-refractivity contribution in [1.82, 2.24) is 9.88 Å². The number of anilines is 1. The second-order valence-electron chi connectivity index (χ2n) is 7.14. The van der Waals surface area contributed by atoms with Gasteiger partial charge in [0.2, 0.25) is 0 Å². The summed E-state index contributed by atoms with van der Waals surface area (Å²) >= 11 is 0. The van der Waals surface area contributed by atoms with Gasteiger partial charge in [0.25, 0.3) is 5.91 Å². The zero-order chi connectivity index (χ0) is 21.2. The molecule has 0 aliphatic carbocycles. The third kappa shape index (κ3) is 3.84. The maximum atomic E-state index is 13.0. The number of sulfone groups is 1. The molecule has 0 N–H and O–H groups in total. The van der Waals surface area contributed by atoms with Gasteiger partial charge in [-0.15, -0.1) is 0 Å². The van der Waals surface area contributed by atoms with E-state index >= 15 is 0 Å². The number of benzene rings is 1. The van der Waals surface area contributed by atoms with Gasteiger partial charge in [-0.3, -0.25) is 9.78 Å². The molecular formula is C20H20N4O4S. The number of carbonyl (C=O) groups excluding carboxylic acids is 2. The van der Waals surface area contributed by atoms with Crippen molar-refractivity contribution in [3.05, 3.63) is 54.4 Å². The zero-order valence-corrected chi connectivity index (χ0v) is 16.9. The van der Waals surface area contributed by atoms with E-state index in [9.17, 15) is 18.0 Å². The van der Waals surface area contributed by atoms with Crippen LogP contribution in [0.15, 0.2) is 53.7 Å². The molecule has 1 aromatic carbocycles. The van der Waals surface area contributed by atoms with Gasteiger partial charge in [-0.05, 0) is 55.8 Å². The second-order valence-corrected chi connectivity index (χ2v) is 9.25. The van der Waals surface area contributed by atoms with Crippen LogP contribution in [0.5, 0.6) is 0 Å². The van der Waals surface area contributed by atoms with E-state index < -0.39 is 27.3 Å². The fraction of sp³-hybridized carbons (Fsp3) is 0.300. The van der Waals surface area contributed by atoms with Crippen molar-refractivity contribution in [2.75, 3.05) is 10.7 Å². The molecule has 0 spiro atoms. The van der Waals surface area contributed by atoms with E-state index in [0.29, 0.717) is 5.69 Å². The van der Waals surface area contributed by atoms with Crippen LogP contribution in [0.25, 0.3) is 0 Å². The molecule has 1 fully saturated rings. The Labute approximate surface area is 169 Å². The van der Waals surface area contributed by atoms with Gasteiger partial charge >= 0.3 is 6.03 Å². The summed E-state index contributed by atoms with van der Waals surface area (Å²) in [5, 5.41) is 8.60. The Morgan fingerprint density at radius 1 is 1.07 bits per heavy atom. The van der Waals surface area contributed by atoms with E-state index in [-0.39, 0.29) is 23.6 Å². The number of pyridine rings is 1. The van der Waals surface area contributed by atoms with Crippen LogP contribution in [0, 0.1) is 11.3 Å². The smallest absolute Gasteiger partial charge is 0.305 e. The number of hydrogen-bond acceptors (Lipinski definition) is 6. The summed E-state index contributed by atoms with van der Waals surface area (Å²) in [6.07, 6.45) is 3.13. The van der Waals surface area contributed by atoms with Crippen molar-refractivity contribution in [2.24, 2.45) is 0 Å². The molecule has 9 heteroatoms. The van der Waals surface area contributed by atoms with Gasteiger partial charge in [-0.2, -0.15) is 5.26 Å². The summed E-state index contributed by atoms with van der Waals surface area (Å²) in [4.78, 5) is 32.5. The molecule has 1 aromatic heterocycles. The van der Waals surface area contributed by atoms with Gasteiger partial charge < -0.3 is 4.90 Å². The topological polar surface area (TPSA) is 111 Å². The van der Waals surface area contributed by atoms with Crippen LogP contribution in [-0.4, -0.2) is 41.5 Å². The number of urea groups is 1. The Kier molecular flexibility index (Phi) is 5.40. The molecule has 2 heterocycles. The summed E-state index contributed by atoms with van der Waals surface area (Å²) in [5.74, 6) is -0.673. The Bertz CT molecular complexity index is 1070. The minimum Gasteiger partial charge on any atom is -0.305 e. The number of carbonyl (C=O) groups is 2. The van der Waals surface area contributed by atoms with Gasteiger partial charge in [-0.1, -0.05) is 0 Å². The molecule has 1 aliphatic rings. The minimum atomic E-state index is -3.59. The third-order valence-electron chi connectivity index (χ3n) is 4.85. The zero-order valence-electron chi connectivity index (χ0n) is 16.1. The number of rotatable bonds is 6. The normalized spacial score (nSPS) is 16.2. The summed E-state index contributed by atoms with van der Waals surface area (Å²) < 4.78 is 24.4. The molecule has 3 rings (SSSR count). The third-order valence-corrected chi connectivity index (χ3v) is 6.58. The lowest BCUT2D eigenvalue weighted by Crippen LogP contribution is -2.43. The molecule has 0 bridgehead atoms. The van der Waals surface area contributed by atoms with Gasteiger partial charge in [0.15, 0.2) is 9.84 Å². The first-order valence-electron chi connectivity index (χ1n) is 8.93. The van der Waals surface area contributed by atoms with Crippen LogP contribution in [0.1, 0.15) is 25.8 Å². The van der Waals surface area contributed by atoms with Gasteiger partial charge in [0.05, 0.1) is 22.4 Å². The van der Waals surface area contributed by atoms with Crippen LogP contribution in [0.3, 0.4) is 0 Å². The summed E-state index contributed by atoms with van der Waals surface area (Å²) in [6.45, 7) is 3.60. The molecule has 0 saturated carbocycles. The van der Waals surface area contributed by atoms with Crippen LogP contribution in [0.4, 0.5) is 10.5 Å². The van der Waals surface area contributed by atoms with Crippen LogP contribution in [-0.2, 0) is 21.2 Å². The van der Waals surface area contributed by atoms with Gasteiger partial charge in [0.1, 0.15) is 5.54 Å². The number of amides is 3. The van der Waals surface area contributed by atoms with Crippen molar-refractivity contribution in [3.63, 3.8) is 0 Å². The predicted molar refractivity (Wildman–Crippen MR) is 105 cm³/mol. The number of nitriles is 1. The van der Waals surface area contributed by atoms with Crippen LogP contribution in [0.2, 0.25) is 0 Å². The van der Waals surface area contributed by atoms with E-state index in [2.05, 4.69) is 4.98 Å². The fourth-order valence-corrected chi connectivity index (χ4v) is 4.25. The average Bonchev–Trinajstić information content (AvgIpc) is 2.87. The molecule has 150 valence electrons. The fourth-order valence-electron chi connectivity index (χ4n) is 3.10. The minimum absolute atomic E-state index is 0.0449. The SMILES string of the molecule is CC1(C)C(=O)N(c2ccc(S(=O)(=O)CCC#N)cc2)C(=O)N1Cc1ccncc1. The van der Waals surface area contributed by atoms with E-state index in [1.807, 2.05) is 6.07 Å². The molecule has 1 saturated heterocycles. The van der Waals surface area contributed by atoms with Crippen LogP contribution >= 0.6 is 0 Å². The van der Waals surface area contributed by atoms with Crippen molar-refractivity contribution in [2.45, 2.75) is 37.2 Å². The first kappa shape index (κ1) is 20.5. The molecule has 0 radical (unpaired) electrons. The molecule has 3 amide bonds. The standard InChI is InChI=1S/C20H20N4O4S/c1-20(2)18(25)24(19(26)23(20)14-15-8-11-22-12-9-15)16-4-6-17(7-5-16)29(27,28)13-3-10-21/h4-9,11-12H,3,13-14H2,1-2H3. The highest BCUT2D eigenvalue weighted by atomic mass is 32.2. The summed E-state index contributed by atoms with van der Waals surface area (Å²) in [6, 6.07) is 10.4. The number of aromatic nitrogens is 1. The monoisotopic (exact) mass is 412 g/mol. The Hall–Kier alpha value is -3.25. The highest BCUT2D eigenvalue weighted by Crippen LogP contribution is 2.33. The first-order chi connectivity index (χ1) is 13.7. The molecular weight excluding hydrogens is 392 g/mol. The molecule has 0 atom stereocenters. The molecule has 2 aromatic rings. The Morgan fingerprint density at radius 2 is 1.69 bits per heavy atom. The number of hydrogen-bond donors (Lipinski definition) is 0. The maximum absolute atomic E-state index is 13.0. The van der Waals surface area contributed by atoms with Crippen molar-refractivity contribution < 1.29 is 18.0 Å². The van der Waals surface area contributed by atoms with Crippen LogP contribution < -0.4 is 4.90 Å². The van der Waals surface area contributed by atoms with E-state index in [0.717, 1.165) is 10.5 Å². The number of imide groups is 1. The molecule has 1 aliphatic heterocycles. The molecule has 0 unspecified atom stereocenters. The van der Waals surface area contributed by atoms with E-state index in [1.54, 1.807) is 38.4 Å². The average molecular weight is 412 g/mol. The number of nitrogens with zero attached hydrogens (tertiary/aromatic N) is 4.